The zero-order chi connectivity index (χ0) is 29.8. The van der Waals surface area contributed by atoms with Gasteiger partial charge in [-0.1, -0.05) is 0 Å². The minimum absolute atomic E-state index is 0. The number of carbonyl (C=O) groups is 2. The van der Waals surface area contributed by atoms with Crippen molar-refractivity contribution in [3.63, 3.8) is 0 Å². The molecule has 0 bridgehead atoms. The molecule has 0 atom stereocenters. The number of amides is 1. The number of piperidine rings is 1. The van der Waals surface area contributed by atoms with Crippen molar-refractivity contribution in [3.05, 3.63) is 42.1 Å². The van der Waals surface area contributed by atoms with Crippen molar-refractivity contribution >= 4 is 54.8 Å². The molecule has 3 heterocycles. The van der Waals surface area contributed by atoms with Gasteiger partial charge in [-0.15, -0.1) is 0 Å². The average Bonchev–Trinajstić information content (AvgIpc) is 2.88. The third kappa shape index (κ3) is 8.44. The molecule has 2 aliphatic rings. The van der Waals surface area contributed by atoms with Crippen molar-refractivity contribution in [2.45, 2.75) is 25.7 Å². The monoisotopic (exact) mass is 617 g/mol. The van der Waals surface area contributed by atoms with E-state index in [1.165, 1.54) is 12.3 Å². The third-order valence-corrected chi connectivity index (χ3v) is 10.9. The molecule has 2 aromatic rings. The highest BCUT2D eigenvalue weighted by Gasteiger charge is 2.34. The summed E-state index contributed by atoms with van der Waals surface area (Å²) in [6.45, 7) is 3.42. The Kier molecular flexibility index (Phi) is 9.32. The Labute approximate surface area is 244 Å². The standard InChI is InChI=1S/C27H37F2N5O5S2.2H2/c1-4-39-25(35)19-41(37,38)32-21-5-6-22(23(17-21)33-13-15-40(2,3)16-14-33)26(36)31-20-7-10-30-24(18-20)34-11-8-27(28,29)9-12-34;;/h5-7,10,17-18,32H,4,8-9,11-16,19H2,1-3H3,(H,30,31,36);2*1H. The molecule has 10 nitrogen and oxygen atoms in total. The summed E-state index contributed by atoms with van der Waals surface area (Å²) in [7, 11) is -4.77. The fourth-order valence-corrected chi connectivity index (χ4v) is 7.31. The van der Waals surface area contributed by atoms with E-state index in [0.717, 1.165) is 11.5 Å². The Balaban J connectivity index is 0.00000323. The number of carbonyl (C=O) groups excluding carboxylic acids is 2. The molecule has 14 heteroatoms. The number of nitrogens with zero attached hydrogens (tertiary/aromatic N) is 3. The van der Waals surface area contributed by atoms with Crippen LogP contribution >= 0.6 is 10.0 Å². The molecular weight excluding hydrogens is 576 g/mol. The lowest BCUT2D eigenvalue weighted by Gasteiger charge is -2.42. The molecular formula is C27H41F2N5O5S2. The van der Waals surface area contributed by atoms with Crippen LogP contribution in [-0.4, -0.2) is 93.8 Å². The highest BCUT2D eigenvalue weighted by molar-refractivity contribution is 8.32. The molecule has 2 N–H and O–H groups in total. The normalized spacial score (nSPS) is 19.2. The number of benzene rings is 1. The summed E-state index contributed by atoms with van der Waals surface area (Å²) in [5.41, 5.74) is 1.61. The number of pyridine rings is 1. The molecule has 4 rings (SSSR count). The number of alkyl halides is 2. The Morgan fingerprint density at radius 2 is 1.73 bits per heavy atom. The maximum atomic E-state index is 13.6. The number of hydrogen-bond donors (Lipinski definition) is 2. The second-order valence-electron chi connectivity index (χ2n) is 10.8. The van der Waals surface area contributed by atoms with E-state index in [4.69, 9.17) is 4.74 Å². The van der Waals surface area contributed by atoms with E-state index in [2.05, 4.69) is 32.4 Å². The molecule has 0 aliphatic carbocycles. The van der Waals surface area contributed by atoms with Gasteiger partial charge in [-0.05, 0) is 55.2 Å². The fraction of sp³-hybridized carbons (Fsp3) is 0.519. The molecule has 2 fully saturated rings. The zero-order valence-corrected chi connectivity index (χ0v) is 25.1. The molecule has 2 aliphatic heterocycles. The summed E-state index contributed by atoms with van der Waals surface area (Å²) in [5, 5.41) is 2.88. The number of hydrogen-bond acceptors (Lipinski definition) is 8. The van der Waals surface area contributed by atoms with Gasteiger partial charge in [0.2, 0.25) is 10.0 Å². The highest BCUT2D eigenvalue weighted by Crippen LogP contribution is 2.43. The topological polar surface area (TPSA) is 121 Å². The van der Waals surface area contributed by atoms with Crippen molar-refractivity contribution in [1.29, 1.82) is 0 Å². The summed E-state index contributed by atoms with van der Waals surface area (Å²) < 4.78 is 59.5. The van der Waals surface area contributed by atoms with Crippen LogP contribution in [0, 0.1) is 0 Å². The molecule has 41 heavy (non-hydrogen) atoms. The summed E-state index contributed by atoms with van der Waals surface area (Å²) >= 11 is 0. The summed E-state index contributed by atoms with van der Waals surface area (Å²) in [4.78, 5) is 33.4. The molecule has 230 valence electrons. The second-order valence-corrected chi connectivity index (χ2v) is 16.8. The number of rotatable bonds is 9. The van der Waals surface area contributed by atoms with Crippen LogP contribution < -0.4 is 19.8 Å². The molecule has 0 spiro atoms. The largest absolute Gasteiger partial charge is 0.465 e. The molecule has 0 saturated carbocycles. The first-order chi connectivity index (χ1) is 19.3. The van der Waals surface area contributed by atoms with Gasteiger partial charge >= 0.3 is 5.97 Å². The highest BCUT2D eigenvalue weighted by atomic mass is 32.3. The van der Waals surface area contributed by atoms with E-state index in [9.17, 15) is 26.8 Å². The van der Waals surface area contributed by atoms with Crippen LogP contribution in [0.2, 0.25) is 0 Å². The lowest BCUT2D eigenvalue weighted by atomic mass is 10.1. The van der Waals surface area contributed by atoms with E-state index < -0.39 is 43.6 Å². The summed E-state index contributed by atoms with van der Waals surface area (Å²) in [6, 6.07) is 7.92. The molecule has 2 saturated heterocycles. The van der Waals surface area contributed by atoms with Crippen molar-refractivity contribution in [2.75, 3.05) is 82.4 Å². The van der Waals surface area contributed by atoms with E-state index >= 15 is 0 Å². The first-order valence-electron chi connectivity index (χ1n) is 13.4. The van der Waals surface area contributed by atoms with Crippen LogP contribution in [-0.2, 0) is 19.6 Å². The number of esters is 1. The Hall–Kier alpha value is -3.13. The van der Waals surface area contributed by atoms with Gasteiger partial charge in [0.15, 0.2) is 5.75 Å². The second kappa shape index (κ2) is 12.4. The van der Waals surface area contributed by atoms with E-state index in [1.807, 2.05) is 0 Å². The van der Waals surface area contributed by atoms with Crippen molar-refractivity contribution in [2.24, 2.45) is 0 Å². The van der Waals surface area contributed by atoms with Crippen molar-refractivity contribution in [3.8, 4) is 0 Å². The number of ether oxygens (including phenoxy) is 1. The first-order valence-corrected chi connectivity index (χ1v) is 17.8. The summed E-state index contributed by atoms with van der Waals surface area (Å²) in [6.07, 6.45) is 5.55. The fourth-order valence-electron chi connectivity index (χ4n) is 4.72. The third-order valence-electron chi connectivity index (χ3n) is 7.12. The van der Waals surface area contributed by atoms with Gasteiger partial charge in [0, 0.05) is 59.8 Å². The van der Waals surface area contributed by atoms with Crippen LogP contribution in [0.4, 0.5) is 31.7 Å². The molecule has 1 aromatic carbocycles. The lowest BCUT2D eigenvalue weighted by Crippen LogP contribution is -2.39. The SMILES string of the molecule is CCOC(=O)CS(=O)(=O)Nc1ccc(C(=O)Nc2ccnc(N3CCC(F)(F)CC3)c2)c(N2CCS(C)(C)CC2)c1.[HH].[HH]. The van der Waals surface area contributed by atoms with E-state index in [-0.39, 0.29) is 41.1 Å². The maximum absolute atomic E-state index is 13.6. The number of nitrogens with one attached hydrogen (secondary N) is 2. The summed E-state index contributed by atoms with van der Waals surface area (Å²) in [5.74, 6) is -2.31. The lowest BCUT2D eigenvalue weighted by molar-refractivity contribution is -0.139. The predicted molar refractivity (Wildman–Crippen MR) is 165 cm³/mol. The van der Waals surface area contributed by atoms with E-state index in [0.29, 0.717) is 35.8 Å². The van der Waals surface area contributed by atoms with Crippen LogP contribution in [0.3, 0.4) is 0 Å². The number of aromatic nitrogens is 1. The number of anilines is 4. The Bertz CT molecular complexity index is 1380. The Morgan fingerprint density at radius 3 is 2.39 bits per heavy atom. The van der Waals surface area contributed by atoms with Crippen LogP contribution in [0.5, 0.6) is 0 Å². The van der Waals surface area contributed by atoms with Gasteiger partial charge < -0.3 is 19.9 Å². The maximum Gasteiger partial charge on any atom is 0.323 e. The first kappa shape index (κ1) is 30.8. The quantitative estimate of drug-likeness (QED) is 0.401. The van der Waals surface area contributed by atoms with Gasteiger partial charge in [0.25, 0.3) is 11.8 Å². The van der Waals surface area contributed by atoms with Crippen molar-refractivity contribution < 1.29 is 34.4 Å². The van der Waals surface area contributed by atoms with Gasteiger partial charge in [-0.3, -0.25) is 14.3 Å². The Morgan fingerprint density at radius 1 is 1.05 bits per heavy atom. The van der Waals surface area contributed by atoms with Gasteiger partial charge in [0.05, 0.1) is 23.5 Å². The van der Waals surface area contributed by atoms with E-state index in [1.54, 1.807) is 36.1 Å². The minimum Gasteiger partial charge on any atom is -0.465 e. The van der Waals surface area contributed by atoms with Gasteiger partial charge in [0.1, 0.15) is 5.82 Å². The smallest absolute Gasteiger partial charge is 0.323 e. The average molecular weight is 618 g/mol. The minimum atomic E-state index is -4.02. The van der Waals surface area contributed by atoms with Gasteiger partial charge in [-0.2, -0.15) is 0 Å². The molecule has 0 unspecified atom stereocenters. The number of halogens is 2. The molecule has 1 aromatic heterocycles. The predicted octanol–water partition coefficient (Wildman–Crippen LogP) is 4.25. The molecule has 0 radical (unpaired) electrons. The molecule has 1 amide bonds. The zero-order valence-electron chi connectivity index (χ0n) is 23.5. The number of sulfonamides is 1. The van der Waals surface area contributed by atoms with Crippen LogP contribution in [0.15, 0.2) is 36.5 Å². The van der Waals surface area contributed by atoms with Gasteiger partial charge in [-0.25, -0.2) is 32.2 Å². The van der Waals surface area contributed by atoms with Crippen molar-refractivity contribution in [1.82, 2.24) is 4.98 Å². The van der Waals surface area contributed by atoms with Crippen LogP contribution in [0.25, 0.3) is 0 Å². The van der Waals surface area contributed by atoms with Crippen LogP contribution in [0.1, 0.15) is 33.0 Å².